The lowest BCUT2D eigenvalue weighted by molar-refractivity contribution is -0.144. The second-order valence-electron chi connectivity index (χ2n) is 6.70. The zero-order valence-corrected chi connectivity index (χ0v) is 13.8. The number of hydrogen-bond acceptors (Lipinski definition) is 2. The van der Waals surface area contributed by atoms with Crippen molar-refractivity contribution in [3.8, 4) is 0 Å². The Kier molecular flexibility index (Phi) is 5.01. The van der Waals surface area contributed by atoms with Crippen molar-refractivity contribution < 1.29 is 22.8 Å². The highest BCUT2D eigenvalue weighted by Crippen LogP contribution is 2.36. The Bertz CT molecular complexity index is 660. The summed E-state index contributed by atoms with van der Waals surface area (Å²) < 4.78 is 37.1. The van der Waals surface area contributed by atoms with Gasteiger partial charge >= 0.3 is 6.18 Å². The number of amides is 2. The van der Waals surface area contributed by atoms with Crippen LogP contribution in [-0.4, -0.2) is 31.1 Å². The third kappa shape index (κ3) is 3.96. The molecular formula is C18H21F3N2O2. The molecule has 1 N–H and O–H groups in total. The van der Waals surface area contributed by atoms with Gasteiger partial charge in [-0.15, -0.1) is 0 Å². The van der Waals surface area contributed by atoms with Crippen molar-refractivity contribution in [2.24, 2.45) is 11.8 Å². The second kappa shape index (κ2) is 7.06. The summed E-state index contributed by atoms with van der Waals surface area (Å²) >= 11 is 0. The predicted molar refractivity (Wildman–Crippen MR) is 87.0 cm³/mol. The van der Waals surface area contributed by atoms with Crippen LogP contribution in [-0.2, 0) is 16.0 Å². The van der Waals surface area contributed by atoms with E-state index in [2.05, 4.69) is 0 Å². The first-order valence-electron chi connectivity index (χ1n) is 8.60. The molecule has 0 aromatic heterocycles. The molecule has 7 heteroatoms. The van der Waals surface area contributed by atoms with Gasteiger partial charge in [-0.25, -0.2) is 0 Å². The summed E-state index contributed by atoms with van der Waals surface area (Å²) in [5.41, 5.74) is 1.94. The monoisotopic (exact) mass is 354 g/mol. The number of benzene rings is 1. The molecule has 3 rings (SSSR count). The summed E-state index contributed by atoms with van der Waals surface area (Å²) in [5, 5.41) is 1.95. The van der Waals surface area contributed by atoms with Gasteiger partial charge in [-0.3, -0.25) is 9.59 Å². The summed E-state index contributed by atoms with van der Waals surface area (Å²) in [6.07, 6.45) is -1.12. The van der Waals surface area contributed by atoms with Gasteiger partial charge < -0.3 is 10.2 Å². The standard InChI is InChI=1S/C18H21F3N2O2/c19-18(20,21)11-22-16(24)13-6-2-3-7-14(13)17(25)23-10-9-12-5-1-4-8-15(12)23/h1,4-5,8,13-14H,2-3,6-7,9-11H2,(H,22,24)/t13-,14-/m1/s1. The van der Waals surface area contributed by atoms with Gasteiger partial charge in [0.2, 0.25) is 11.8 Å². The fourth-order valence-corrected chi connectivity index (χ4v) is 3.83. The van der Waals surface area contributed by atoms with Gasteiger partial charge in [0.25, 0.3) is 0 Å². The van der Waals surface area contributed by atoms with E-state index in [4.69, 9.17) is 0 Å². The molecule has 1 fully saturated rings. The first-order chi connectivity index (χ1) is 11.9. The maximum atomic E-state index is 13.0. The molecule has 1 aliphatic heterocycles. The molecule has 0 saturated heterocycles. The van der Waals surface area contributed by atoms with Gasteiger partial charge in [0.15, 0.2) is 0 Å². The molecule has 1 aromatic carbocycles. The zero-order valence-electron chi connectivity index (χ0n) is 13.8. The van der Waals surface area contributed by atoms with E-state index in [0.29, 0.717) is 19.4 Å². The van der Waals surface area contributed by atoms with Gasteiger partial charge in [-0.2, -0.15) is 13.2 Å². The summed E-state index contributed by atoms with van der Waals surface area (Å²) in [7, 11) is 0. The number of fused-ring (bicyclic) bond motifs is 1. The number of nitrogens with one attached hydrogen (secondary N) is 1. The molecule has 2 aliphatic rings. The van der Waals surface area contributed by atoms with E-state index in [1.807, 2.05) is 29.6 Å². The number of rotatable bonds is 3. The van der Waals surface area contributed by atoms with Crippen LogP contribution < -0.4 is 10.2 Å². The van der Waals surface area contributed by atoms with Crippen molar-refractivity contribution in [1.29, 1.82) is 0 Å². The smallest absolute Gasteiger partial charge is 0.347 e. The Labute approximate surface area is 144 Å². The molecule has 2 amide bonds. The van der Waals surface area contributed by atoms with Gasteiger partial charge in [0, 0.05) is 18.2 Å². The molecule has 136 valence electrons. The van der Waals surface area contributed by atoms with E-state index in [-0.39, 0.29) is 5.91 Å². The first kappa shape index (κ1) is 17.8. The van der Waals surface area contributed by atoms with Crippen LogP contribution in [0, 0.1) is 11.8 Å². The van der Waals surface area contributed by atoms with Gasteiger partial charge in [0.1, 0.15) is 6.54 Å². The molecule has 2 atom stereocenters. The third-order valence-electron chi connectivity index (χ3n) is 5.04. The van der Waals surface area contributed by atoms with E-state index < -0.39 is 30.5 Å². The average molecular weight is 354 g/mol. The Morgan fingerprint density at radius 3 is 2.52 bits per heavy atom. The minimum absolute atomic E-state index is 0.142. The van der Waals surface area contributed by atoms with Crippen molar-refractivity contribution >= 4 is 17.5 Å². The number of alkyl halides is 3. The highest BCUT2D eigenvalue weighted by molar-refractivity contribution is 5.99. The van der Waals surface area contributed by atoms with Crippen LogP contribution in [0.1, 0.15) is 31.2 Å². The maximum absolute atomic E-state index is 13.0. The van der Waals surface area contributed by atoms with Gasteiger partial charge in [-0.05, 0) is 30.9 Å². The predicted octanol–water partition coefficient (Wildman–Crippen LogP) is 3.06. The molecule has 1 aliphatic carbocycles. The molecule has 1 saturated carbocycles. The molecule has 0 spiro atoms. The molecule has 1 aromatic rings. The highest BCUT2D eigenvalue weighted by Gasteiger charge is 2.40. The number of para-hydroxylation sites is 1. The quantitative estimate of drug-likeness (QED) is 0.907. The normalized spacial score (nSPS) is 23.2. The van der Waals surface area contributed by atoms with Crippen LogP contribution in [0.4, 0.5) is 18.9 Å². The number of halogens is 3. The lowest BCUT2D eigenvalue weighted by atomic mass is 9.77. The molecule has 25 heavy (non-hydrogen) atoms. The second-order valence-corrected chi connectivity index (χ2v) is 6.70. The highest BCUT2D eigenvalue weighted by atomic mass is 19.4. The van der Waals surface area contributed by atoms with E-state index in [9.17, 15) is 22.8 Å². The van der Waals surface area contributed by atoms with Crippen LogP contribution in [0.5, 0.6) is 0 Å². The van der Waals surface area contributed by atoms with Crippen LogP contribution in [0.3, 0.4) is 0 Å². The van der Waals surface area contributed by atoms with Gasteiger partial charge in [-0.1, -0.05) is 31.0 Å². The largest absolute Gasteiger partial charge is 0.405 e. The number of carbonyl (C=O) groups is 2. The fraction of sp³-hybridized carbons (Fsp3) is 0.556. The third-order valence-corrected chi connectivity index (χ3v) is 5.04. The van der Waals surface area contributed by atoms with Gasteiger partial charge in [0.05, 0.1) is 5.92 Å². The minimum atomic E-state index is -4.45. The number of anilines is 1. The maximum Gasteiger partial charge on any atom is 0.405 e. The van der Waals surface area contributed by atoms with Crippen LogP contribution in [0.25, 0.3) is 0 Å². The number of carbonyl (C=O) groups excluding carboxylic acids is 2. The Morgan fingerprint density at radius 1 is 1.12 bits per heavy atom. The van der Waals surface area contributed by atoms with Crippen molar-refractivity contribution in [3.05, 3.63) is 29.8 Å². The average Bonchev–Trinajstić information content (AvgIpc) is 3.02. The van der Waals surface area contributed by atoms with E-state index in [1.54, 1.807) is 4.90 Å². The van der Waals surface area contributed by atoms with E-state index in [0.717, 1.165) is 30.5 Å². The van der Waals surface area contributed by atoms with Crippen molar-refractivity contribution in [2.45, 2.75) is 38.3 Å². The first-order valence-corrected chi connectivity index (χ1v) is 8.60. The molecular weight excluding hydrogens is 333 g/mol. The van der Waals surface area contributed by atoms with Crippen molar-refractivity contribution in [3.63, 3.8) is 0 Å². The van der Waals surface area contributed by atoms with Crippen LogP contribution in [0.15, 0.2) is 24.3 Å². The Balaban J connectivity index is 1.73. The Morgan fingerprint density at radius 2 is 1.80 bits per heavy atom. The summed E-state index contributed by atoms with van der Waals surface area (Å²) in [4.78, 5) is 26.9. The minimum Gasteiger partial charge on any atom is -0.347 e. The SMILES string of the molecule is O=C(NCC(F)(F)F)[C@@H]1CCCC[C@H]1C(=O)N1CCc2ccccc21. The Hall–Kier alpha value is -2.05. The van der Waals surface area contributed by atoms with E-state index >= 15 is 0 Å². The lowest BCUT2D eigenvalue weighted by Gasteiger charge is -2.32. The van der Waals surface area contributed by atoms with Crippen LogP contribution >= 0.6 is 0 Å². The summed E-state index contributed by atoms with van der Waals surface area (Å²) in [6, 6.07) is 7.62. The van der Waals surface area contributed by atoms with Crippen molar-refractivity contribution in [2.75, 3.05) is 18.0 Å². The molecule has 0 unspecified atom stereocenters. The van der Waals surface area contributed by atoms with Crippen molar-refractivity contribution in [1.82, 2.24) is 5.32 Å². The molecule has 4 nitrogen and oxygen atoms in total. The molecule has 0 radical (unpaired) electrons. The zero-order chi connectivity index (χ0) is 18.0. The molecule has 0 bridgehead atoms. The number of nitrogens with zero attached hydrogens (tertiary/aromatic N) is 1. The topological polar surface area (TPSA) is 49.4 Å². The fourth-order valence-electron chi connectivity index (χ4n) is 3.83. The van der Waals surface area contributed by atoms with E-state index in [1.165, 1.54) is 0 Å². The summed E-state index contributed by atoms with van der Waals surface area (Å²) in [5.74, 6) is -2.04. The lowest BCUT2D eigenvalue weighted by Crippen LogP contribution is -2.46. The number of hydrogen-bond donors (Lipinski definition) is 1. The summed E-state index contributed by atoms with van der Waals surface area (Å²) in [6.45, 7) is -0.790. The van der Waals surface area contributed by atoms with Crippen LogP contribution in [0.2, 0.25) is 0 Å². The molecule has 1 heterocycles.